The zero-order valence-electron chi connectivity index (χ0n) is 10.9. The summed E-state index contributed by atoms with van der Waals surface area (Å²) in [7, 11) is 0. The van der Waals surface area contributed by atoms with E-state index in [9.17, 15) is 9.90 Å². The lowest BCUT2D eigenvalue weighted by molar-refractivity contribution is 0.0695. The van der Waals surface area contributed by atoms with Crippen molar-refractivity contribution in [3.8, 4) is 0 Å². The van der Waals surface area contributed by atoms with E-state index in [4.69, 9.17) is 4.74 Å². The van der Waals surface area contributed by atoms with E-state index in [0.29, 0.717) is 30.4 Å². The van der Waals surface area contributed by atoms with E-state index in [1.807, 2.05) is 0 Å². The van der Waals surface area contributed by atoms with Crippen LogP contribution in [0.2, 0.25) is 0 Å². The van der Waals surface area contributed by atoms with Crippen LogP contribution in [0.1, 0.15) is 48.7 Å². The second-order valence-corrected chi connectivity index (χ2v) is 5.24. The number of carboxylic acids is 1. The van der Waals surface area contributed by atoms with Gasteiger partial charge in [-0.3, -0.25) is 4.68 Å². The molecule has 1 atom stereocenters. The summed E-state index contributed by atoms with van der Waals surface area (Å²) < 4.78 is 7.07. The summed E-state index contributed by atoms with van der Waals surface area (Å²) in [5, 5.41) is 13.7. The summed E-state index contributed by atoms with van der Waals surface area (Å²) in [6, 6.07) is 0. The van der Waals surface area contributed by atoms with Crippen molar-refractivity contribution in [1.82, 2.24) is 9.78 Å². The largest absolute Gasteiger partial charge is 0.478 e. The van der Waals surface area contributed by atoms with Crippen LogP contribution >= 0.6 is 0 Å². The van der Waals surface area contributed by atoms with Crippen molar-refractivity contribution in [3.63, 3.8) is 0 Å². The molecule has 100 valence electrons. The molecule has 1 aliphatic heterocycles. The van der Waals surface area contributed by atoms with Crippen molar-refractivity contribution in [2.24, 2.45) is 5.92 Å². The van der Waals surface area contributed by atoms with Crippen molar-refractivity contribution in [1.29, 1.82) is 0 Å². The number of aromatic nitrogens is 2. The highest BCUT2D eigenvalue weighted by atomic mass is 16.5. The predicted molar refractivity (Wildman–Crippen MR) is 66.8 cm³/mol. The van der Waals surface area contributed by atoms with E-state index in [1.54, 1.807) is 10.9 Å². The van der Waals surface area contributed by atoms with E-state index >= 15 is 0 Å². The van der Waals surface area contributed by atoms with Gasteiger partial charge in [-0.25, -0.2) is 4.79 Å². The molecular formula is C13H20N2O3. The highest BCUT2D eigenvalue weighted by Gasteiger charge is 2.26. The maximum Gasteiger partial charge on any atom is 0.339 e. The number of hydrogen-bond acceptors (Lipinski definition) is 3. The van der Waals surface area contributed by atoms with Crippen molar-refractivity contribution < 1.29 is 14.6 Å². The first-order chi connectivity index (χ1) is 8.58. The third-order valence-electron chi connectivity index (χ3n) is 3.27. The molecule has 18 heavy (non-hydrogen) atoms. The Morgan fingerprint density at radius 3 is 3.00 bits per heavy atom. The van der Waals surface area contributed by atoms with Gasteiger partial charge < -0.3 is 9.84 Å². The summed E-state index contributed by atoms with van der Waals surface area (Å²) in [5.41, 5.74) is 1.01. The van der Waals surface area contributed by atoms with Crippen molar-refractivity contribution in [2.75, 3.05) is 13.2 Å². The Hall–Kier alpha value is -1.36. The van der Waals surface area contributed by atoms with Crippen LogP contribution in [0, 0.1) is 5.92 Å². The molecule has 1 N–H and O–H groups in total. The lowest BCUT2D eigenvalue weighted by Crippen LogP contribution is -2.07. The topological polar surface area (TPSA) is 64.4 Å². The first-order valence-electron chi connectivity index (χ1n) is 6.46. The van der Waals surface area contributed by atoms with Gasteiger partial charge in [0.15, 0.2) is 0 Å². The van der Waals surface area contributed by atoms with E-state index < -0.39 is 5.97 Å². The Morgan fingerprint density at radius 1 is 1.67 bits per heavy atom. The number of carboxylic acid groups (broad SMARTS) is 1. The van der Waals surface area contributed by atoms with Crippen LogP contribution in [-0.2, 0) is 11.3 Å². The lowest BCUT2D eigenvalue weighted by atomic mass is 10.0. The first kappa shape index (κ1) is 13.1. The zero-order chi connectivity index (χ0) is 13.1. The average Bonchev–Trinajstić information content (AvgIpc) is 2.95. The molecule has 1 aromatic rings. The first-order valence-corrected chi connectivity index (χ1v) is 6.46. The van der Waals surface area contributed by atoms with Crippen LogP contribution in [0.5, 0.6) is 0 Å². The zero-order valence-corrected chi connectivity index (χ0v) is 10.9. The number of rotatable bonds is 5. The van der Waals surface area contributed by atoms with E-state index in [2.05, 4.69) is 18.9 Å². The van der Waals surface area contributed by atoms with Gasteiger partial charge in [-0.05, 0) is 18.8 Å². The normalized spacial score (nSPS) is 19.6. The van der Waals surface area contributed by atoms with Crippen molar-refractivity contribution >= 4 is 5.97 Å². The Bertz CT molecular complexity index is 420. The summed E-state index contributed by atoms with van der Waals surface area (Å²) in [4.78, 5) is 11.2. The van der Waals surface area contributed by atoms with Crippen LogP contribution in [0.15, 0.2) is 6.20 Å². The molecule has 2 rings (SSSR count). The number of carbonyl (C=O) groups is 1. The molecule has 0 saturated carbocycles. The predicted octanol–water partition coefficient (Wildman–Crippen LogP) is 2.13. The van der Waals surface area contributed by atoms with Crippen molar-refractivity contribution in [3.05, 3.63) is 17.5 Å². The fourth-order valence-corrected chi connectivity index (χ4v) is 2.16. The fraction of sp³-hybridized carbons (Fsp3) is 0.692. The number of aryl methyl sites for hydroxylation is 1. The Labute approximate surface area is 107 Å². The van der Waals surface area contributed by atoms with Crippen LogP contribution < -0.4 is 0 Å². The summed E-state index contributed by atoms with van der Waals surface area (Å²) in [6.07, 6.45) is 3.52. The van der Waals surface area contributed by atoms with Crippen LogP contribution in [0.25, 0.3) is 0 Å². The molecule has 1 aromatic heterocycles. The molecule has 0 spiro atoms. The molecule has 1 aliphatic rings. The second-order valence-electron chi connectivity index (χ2n) is 5.24. The van der Waals surface area contributed by atoms with Gasteiger partial charge in [0.05, 0.1) is 12.3 Å². The Balaban J connectivity index is 2.18. The SMILES string of the molecule is CC(C)CCn1cc(C(=O)O)c(C2CCOC2)n1. The quantitative estimate of drug-likeness (QED) is 0.872. The highest BCUT2D eigenvalue weighted by Crippen LogP contribution is 2.27. The van der Waals surface area contributed by atoms with Gasteiger partial charge in [-0.2, -0.15) is 5.10 Å². The van der Waals surface area contributed by atoms with Gasteiger partial charge in [0.1, 0.15) is 5.56 Å². The van der Waals surface area contributed by atoms with Crippen molar-refractivity contribution in [2.45, 2.75) is 39.2 Å². The summed E-state index contributed by atoms with van der Waals surface area (Å²) in [5.74, 6) is -0.176. The highest BCUT2D eigenvalue weighted by molar-refractivity contribution is 5.88. The molecule has 0 amide bonds. The molecule has 2 heterocycles. The molecule has 1 fully saturated rings. The maximum atomic E-state index is 11.2. The third-order valence-corrected chi connectivity index (χ3v) is 3.27. The number of aromatic carboxylic acids is 1. The van der Waals surface area contributed by atoms with E-state index in [0.717, 1.165) is 19.4 Å². The minimum Gasteiger partial charge on any atom is -0.478 e. The minimum absolute atomic E-state index is 0.136. The smallest absolute Gasteiger partial charge is 0.339 e. The van der Waals surface area contributed by atoms with Gasteiger partial charge in [-0.15, -0.1) is 0 Å². The van der Waals surface area contributed by atoms with Crippen LogP contribution in [0.4, 0.5) is 0 Å². The fourth-order valence-electron chi connectivity index (χ4n) is 2.16. The van der Waals surface area contributed by atoms with Crippen LogP contribution in [-0.4, -0.2) is 34.1 Å². The number of ether oxygens (including phenoxy) is 1. The van der Waals surface area contributed by atoms with E-state index in [1.165, 1.54) is 0 Å². The molecule has 1 unspecified atom stereocenters. The maximum absolute atomic E-state index is 11.2. The molecule has 5 nitrogen and oxygen atoms in total. The number of nitrogens with zero attached hydrogens (tertiary/aromatic N) is 2. The molecular weight excluding hydrogens is 232 g/mol. The summed E-state index contributed by atoms with van der Waals surface area (Å²) >= 11 is 0. The Morgan fingerprint density at radius 2 is 2.44 bits per heavy atom. The molecule has 0 aliphatic carbocycles. The van der Waals surface area contributed by atoms with Gasteiger partial charge in [0.25, 0.3) is 0 Å². The van der Waals surface area contributed by atoms with E-state index in [-0.39, 0.29) is 5.92 Å². The van der Waals surface area contributed by atoms with Gasteiger partial charge in [0.2, 0.25) is 0 Å². The monoisotopic (exact) mass is 252 g/mol. The average molecular weight is 252 g/mol. The molecule has 0 bridgehead atoms. The third kappa shape index (κ3) is 2.90. The number of hydrogen-bond donors (Lipinski definition) is 1. The molecule has 0 aromatic carbocycles. The molecule has 1 saturated heterocycles. The Kier molecular flexibility index (Phi) is 4.01. The van der Waals surface area contributed by atoms with Gasteiger partial charge in [-0.1, -0.05) is 13.8 Å². The van der Waals surface area contributed by atoms with Crippen LogP contribution in [0.3, 0.4) is 0 Å². The second kappa shape index (κ2) is 5.52. The standard InChI is InChI=1S/C13H20N2O3/c1-9(2)3-5-15-7-11(13(16)17)12(14-15)10-4-6-18-8-10/h7,9-10H,3-6,8H2,1-2H3,(H,16,17). The summed E-state index contributed by atoms with van der Waals surface area (Å²) in [6.45, 7) is 6.34. The molecule has 5 heteroatoms. The lowest BCUT2D eigenvalue weighted by Gasteiger charge is -2.05. The van der Waals surface area contributed by atoms with Gasteiger partial charge >= 0.3 is 5.97 Å². The minimum atomic E-state index is -0.896. The van der Waals surface area contributed by atoms with Gasteiger partial charge in [0, 0.05) is 25.3 Å². The molecule has 0 radical (unpaired) electrons.